The number of benzene rings is 9. The lowest BCUT2D eigenvalue weighted by Gasteiger charge is -2.49. The van der Waals surface area contributed by atoms with Crippen molar-refractivity contribution in [1.82, 2.24) is 19.5 Å². The first-order valence-electron chi connectivity index (χ1n) is 21.6. The second kappa shape index (κ2) is 14.5. The van der Waals surface area contributed by atoms with E-state index >= 15 is 0 Å². The van der Waals surface area contributed by atoms with Crippen molar-refractivity contribution in [3.63, 3.8) is 0 Å². The molecule has 13 rings (SSSR count). The summed E-state index contributed by atoms with van der Waals surface area (Å²) < 4.78 is 2.42. The van der Waals surface area contributed by atoms with E-state index in [1.165, 1.54) is 54.2 Å². The monoisotopic (exact) mass is 835 g/mol. The van der Waals surface area contributed by atoms with Crippen molar-refractivity contribution in [2.24, 2.45) is 0 Å². The average molecular weight is 836 g/mol. The molecule has 300 valence electrons. The van der Waals surface area contributed by atoms with Crippen LogP contribution >= 0.6 is 11.8 Å². The van der Waals surface area contributed by atoms with Crippen molar-refractivity contribution in [3.8, 4) is 39.9 Å². The van der Waals surface area contributed by atoms with Crippen LogP contribution in [-0.2, 0) is 5.41 Å². The summed E-state index contributed by atoms with van der Waals surface area (Å²) >= 11 is 1.87. The fourth-order valence-electron chi connectivity index (χ4n) is 10.2. The molecule has 0 aliphatic carbocycles. The summed E-state index contributed by atoms with van der Waals surface area (Å²) in [6.07, 6.45) is 0. The molecule has 0 saturated carbocycles. The second-order valence-electron chi connectivity index (χ2n) is 16.4. The summed E-state index contributed by atoms with van der Waals surface area (Å²) in [5.74, 6) is 1.93. The van der Waals surface area contributed by atoms with E-state index in [0.29, 0.717) is 17.5 Å². The van der Waals surface area contributed by atoms with Crippen LogP contribution in [0.3, 0.4) is 0 Å². The van der Waals surface area contributed by atoms with Gasteiger partial charge in [-0.05, 0) is 95.1 Å². The zero-order chi connectivity index (χ0) is 42.2. The van der Waals surface area contributed by atoms with Crippen molar-refractivity contribution >= 4 is 50.6 Å². The highest BCUT2D eigenvalue weighted by atomic mass is 32.2. The fraction of sp³-hybridized carbons (Fsp3) is 0.0172. The topological polar surface area (TPSA) is 46.8 Å². The molecule has 0 radical (unpaired) electrons. The molecule has 0 amide bonds. The molecule has 0 fully saturated rings. The lowest BCUT2D eigenvalue weighted by atomic mass is 9.62. The van der Waals surface area contributed by atoms with Gasteiger partial charge in [-0.1, -0.05) is 163 Å². The van der Waals surface area contributed by atoms with Crippen LogP contribution in [0.4, 0.5) is 17.1 Å². The molecule has 9 aromatic carbocycles. The Labute approximate surface area is 375 Å². The van der Waals surface area contributed by atoms with E-state index in [4.69, 9.17) is 15.0 Å². The van der Waals surface area contributed by atoms with Gasteiger partial charge in [-0.15, -0.1) is 0 Å². The maximum Gasteiger partial charge on any atom is 0.164 e. The Morgan fingerprint density at radius 1 is 0.344 bits per heavy atom. The molecule has 2 aliphatic rings. The molecule has 6 heteroatoms. The molecule has 0 atom stereocenters. The van der Waals surface area contributed by atoms with E-state index in [-0.39, 0.29) is 0 Å². The van der Waals surface area contributed by atoms with Gasteiger partial charge in [-0.25, -0.2) is 15.0 Å². The Kier molecular flexibility index (Phi) is 8.30. The number of hydrogen-bond acceptors (Lipinski definition) is 5. The third-order valence-corrected chi connectivity index (χ3v) is 14.0. The van der Waals surface area contributed by atoms with E-state index in [1.807, 2.05) is 72.4 Å². The minimum absolute atomic E-state index is 0.573. The third-order valence-electron chi connectivity index (χ3n) is 12.9. The van der Waals surface area contributed by atoms with Gasteiger partial charge in [0.25, 0.3) is 0 Å². The normalized spacial score (nSPS) is 13.3. The molecule has 4 heterocycles. The van der Waals surface area contributed by atoms with Gasteiger partial charge in [0.1, 0.15) is 0 Å². The predicted octanol–water partition coefficient (Wildman–Crippen LogP) is 14.6. The minimum Gasteiger partial charge on any atom is -0.310 e. The van der Waals surface area contributed by atoms with Crippen LogP contribution in [0.25, 0.3) is 61.7 Å². The first-order chi connectivity index (χ1) is 31.7. The van der Waals surface area contributed by atoms with E-state index in [9.17, 15) is 0 Å². The van der Waals surface area contributed by atoms with Crippen molar-refractivity contribution in [3.05, 3.63) is 247 Å². The first-order valence-corrected chi connectivity index (χ1v) is 22.4. The van der Waals surface area contributed by atoms with Gasteiger partial charge in [0.05, 0.1) is 27.8 Å². The van der Waals surface area contributed by atoms with Gasteiger partial charge in [0, 0.05) is 48.6 Å². The van der Waals surface area contributed by atoms with Crippen LogP contribution in [0.5, 0.6) is 0 Å². The number of aromatic nitrogens is 4. The van der Waals surface area contributed by atoms with Gasteiger partial charge in [-0.3, -0.25) is 0 Å². The second-order valence-corrected chi connectivity index (χ2v) is 17.4. The lowest BCUT2D eigenvalue weighted by Crippen LogP contribution is -2.39. The fourth-order valence-corrected chi connectivity index (χ4v) is 11.4. The number of nitrogens with zero attached hydrogens (tertiary/aromatic N) is 5. The summed E-state index contributed by atoms with van der Waals surface area (Å²) in [5.41, 5.74) is 14.3. The maximum absolute atomic E-state index is 5.02. The molecule has 64 heavy (non-hydrogen) atoms. The highest BCUT2D eigenvalue weighted by molar-refractivity contribution is 7.99. The minimum atomic E-state index is -0.573. The Morgan fingerprint density at radius 3 is 1.47 bits per heavy atom. The van der Waals surface area contributed by atoms with Crippen molar-refractivity contribution in [1.29, 1.82) is 0 Å². The molecule has 0 unspecified atom stereocenters. The Hall–Kier alpha value is -8.06. The Morgan fingerprint density at radius 2 is 0.844 bits per heavy atom. The van der Waals surface area contributed by atoms with E-state index in [0.717, 1.165) is 39.1 Å². The number of hydrogen-bond donors (Lipinski definition) is 0. The molecule has 2 aromatic heterocycles. The molecule has 0 bridgehead atoms. The zero-order valence-electron chi connectivity index (χ0n) is 34.5. The van der Waals surface area contributed by atoms with Crippen LogP contribution < -0.4 is 4.90 Å². The number of fused-ring (bicyclic) bond motifs is 11. The van der Waals surface area contributed by atoms with Gasteiger partial charge >= 0.3 is 0 Å². The van der Waals surface area contributed by atoms with Crippen molar-refractivity contribution < 1.29 is 0 Å². The largest absolute Gasteiger partial charge is 0.310 e. The van der Waals surface area contributed by atoms with Crippen LogP contribution in [0.15, 0.2) is 234 Å². The Bertz CT molecular complexity index is 3480. The molecule has 11 aromatic rings. The molecule has 0 N–H and O–H groups in total. The van der Waals surface area contributed by atoms with Gasteiger partial charge in [-0.2, -0.15) is 0 Å². The summed E-state index contributed by atoms with van der Waals surface area (Å²) in [7, 11) is 0. The van der Waals surface area contributed by atoms with Gasteiger partial charge in [0.15, 0.2) is 17.5 Å². The third kappa shape index (κ3) is 5.49. The summed E-state index contributed by atoms with van der Waals surface area (Å²) in [6.45, 7) is 0. The standard InChI is InChI=1S/C58H37N5S/c1-4-18-38(19-5-1)55-59-56(39-20-6-2-7-21-39)61-57(60-55)40-32-34-42(35-33-40)62-49-28-14-10-24-43(49)44-36-48-54(37-52(44)62)64-53-31-17-13-27-47(53)58(48)45-25-11-15-29-50(45)63(41-22-8-3-9-23-41)51-30-16-12-26-46(51)58/h1-37H. The number of rotatable bonds is 5. The summed E-state index contributed by atoms with van der Waals surface area (Å²) in [4.78, 5) is 19.9. The van der Waals surface area contributed by atoms with E-state index < -0.39 is 5.41 Å². The van der Waals surface area contributed by atoms with Gasteiger partial charge in [0.2, 0.25) is 0 Å². The SMILES string of the molecule is c1ccc(-c2nc(-c3ccccc3)nc(-c3ccc(-n4c5ccccc5c5cc6c(cc54)Sc4ccccc4C64c5ccccc5N(c5ccccc5)c5ccccc54)cc3)n2)cc1. The maximum atomic E-state index is 5.02. The predicted molar refractivity (Wildman–Crippen MR) is 261 cm³/mol. The van der Waals surface area contributed by atoms with Crippen molar-refractivity contribution in [2.75, 3.05) is 4.90 Å². The molecular weight excluding hydrogens is 799 g/mol. The Balaban J connectivity index is 1.01. The molecular formula is C58H37N5S. The molecule has 0 saturated heterocycles. The molecule has 2 aliphatic heterocycles. The summed E-state index contributed by atoms with van der Waals surface area (Å²) in [5, 5.41) is 2.43. The number of para-hydroxylation sites is 4. The molecule has 1 spiro atoms. The van der Waals surface area contributed by atoms with Crippen LogP contribution in [0.1, 0.15) is 22.3 Å². The zero-order valence-corrected chi connectivity index (χ0v) is 35.3. The van der Waals surface area contributed by atoms with E-state index in [1.54, 1.807) is 0 Å². The average Bonchev–Trinajstić information content (AvgIpc) is 3.69. The van der Waals surface area contributed by atoms with Gasteiger partial charge < -0.3 is 9.47 Å². The number of anilines is 3. The molecule has 5 nitrogen and oxygen atoms in total. The van der Waals surface area contributed by atoms with Crippen LogP contribution in [0.2, 0.25) is 0 Å². The quantitative estimate of drug-likeness (QED) is 0.173. The van der Waals surface area contributed by atoms with E-state index in [2.05, 4.69) is 173 Å². The van der Waals surface area contributed by atoms with Crippen molar-refractivity contribution in [2.45, 2.75) is 15.2 Å². The van der Waals surface area contributed by atoms with Crippen LogP contribution in [0, 0.1) is 0 Å². The first kappa shape index (κ1) is 36.6. The summed E-state index contributed by atoms with van der Waals surface area (Å²) in [6, 6.07) is 80.6. The van der Waals surface area contributed by atoms with Crippen LogP contribution in [-0.4, -0.2) is 19.5 Å². The lowest BCUT2D eigenvalue weighted by molar-refractivity contribution is 0.693. The highest BCUT2D eigenvalue weighted by Crippen LogP contribution is 2.63. The highest BCUT2D eigenvalue weighted by Gasteiger charge is 2.50. The smallest absolute Gasteiger partial charge is 0.164 e.